The number of aliphatic hydroxyl groups excluding tert-OH is 1. The lowest BCUT2D eigenvalue weighted by Gasteiger charge is -2.02. The molecule has 0 bridgehead atoms. The molecule has 0 aliphatic rings. The first-order valence-corrected chi connectivity index (χ1v) is 4.64. The van der Waals surface area contributed by atoms with Crippen molar-refractivity contribution in [3.05, 3.63) is 18.2 Å². The van der Waals surface area contributed by atoms with Gasteiger partial charge in [0.25, 0.3) is 0 Å². The van der Waals surface area contributed by atoms with Gasteiger partial charge in [0, 0.05) is 0 Å². The van der Waals surface area contributed by atoms with Crippen LogP contribution in [0.25, 0.3) is 10.2 Å². The molecule has 0 aliphatic carbocycles. The normalized spacial score (nSPS) is 10.5. The number of aliphatic hydroxyl groups is 1. The monoisotopic (exact) mass is 196 g/mol. The Labute approximate surface area is 78.9 Å². The van der Waals surface area contributed by atoms with Crippen LogP contribution in [0.3, 0.4) is 0 Å². The van der Waals surface area contributed by atoms with Gasteiger partial charge in [-0.05, 0) is 23.7 Å². The standard InChI is InChI=1S/C8H8N2O2S/c11-4-5-12-6-2-1-3-7-8(6)9-10-13-7/h1-3,11H,4-5H2. The van der Waals surface area contributed by atoms with Crippen molar-refractivity contribution in [1.82, 2.24) is 9.59 Å². The Morgan fingerprint density at radius 2 is 2.38 bits per heavy atom. The molecule has 13 heavy (non-hydrogen) atoms. The summed E-state index contributed by atoms with van der Waals surface area (Å²) in [6, 6.07) is 5.64. The molecule has 0 amide bonds. The Bertz CT molecular complexity index is 402. The van der Waals surface area contributed by atoms with E-state index in [0.29, 0.717) is 5.75 Å². The Morgan fingerprint density at radius 1 is 1.46 bits per heavy atom. The number of ether oxygens (including phenoxy) is 1. The largest absolute Gasteiger partial charge is 0.489 e. The van der Waals surface area contributed by atoms with Gasteiger partial charge in [-0.1, -0.05) is 10.6 Å². The fourth-order valence-corrected chi connectivity index (χ4v) is 1.63. The van der Waals surface area contributed by atoms with E-state index in [1.165, 1.54) is 11.5 Å². The number of aromatic nitrogens is 2. The van der Waals surface area contributed by atoms with Gasteiger partial charge in [-0.15, -0.1) is 5.10 Å². The molecular weight excluding hydrogens is 188 g/mol. The summed E-state index contributed by atoms with van der Waals surface area (Å²) in [4.78, 5) is 0. The van der Waals surface area contributed by atoms with Crippen molar-refractivity contribution in [3.8, 4) is 5.75 Å². The summed E-state index contributed by atoms with van der Waals surface area (Å²) in [6.45, 7) is 0.296. The van der Waals surface area contributed by atoms with Crippen LogP contribution >= 0.6 is 11.5 Å². The molecule has 1 N–H and O–H groups in total. The van der Waals surface area contributed by atoms with Crippen LogP contribution in [0, 0.1) is 0 Å². The number of rotatable bonds is 3. The van der Waals surface area contributed by atoms with E-state index >= 15 is 0 Å². The second-order valence-electron chi connectivity index (χ2n) is 2.45. The minimum atomic E-state index is 0.00789. The summed E-state index contributed by atoms with van der Waals surface area (Å²) >= 11 is 1.33. The van der Waals surface area contributed by atoms with Crippen LogP contribution in [-0.4, -0.2) is 27.9 Å². The lowest BCUT2D eigenvalue weighted by Crippen LogP contribution is -2.01. The lowest BCUT2D eigenvalue weighted by atomic mass is 10.3. The molecule has 1 aromatic heterocycles. The molecule has 5 heteroatoms. The van der Waals surface area contributed by atoms with Crippen molar-refractivity contribution in [1.29, 1.82) is 0 Å². The molecule has 0 saturated heterocycles. The summed E-state index contributed by atoms with van der Waals surface area (Å²) in [7, 11) is 0. The van der Waals surface area contributed by atoms with E-state index in [1.807, 2.05) is 18.2 Å². The van der Waals surface area contributed by atoms with Crippen molar-refractivity contribution in [2.45, 2.75) is 0 Å². The number of nitrogens with zero attached hydrogens (tertiary/aromatic N) is 2. The Kier molecular flexibility index (Phi) is 2.37. The van der Waals surface area contributed by atoms with E-state index in [-0.39, 0.29) is 13.2 Å². The molecule has 0 unspecified atom stereocenters. The zero-order valence-electron chi connectivity index (χ0n) is 6.80. The maximum atomic E-state index is 8.59. The number of hydrogen-bond donors (Lipinski definition) is 1. The first kappa shape index (κ1) is 8.40. The average Bonchev–Trinajstić information content (AvgIpc) is 2.62. The zero-order valence-corrected chi connectivity index (χ0v) is 7.62. The predicted molar refractivity (Wildman–Crippen MR) is 50.0 cm³/mol. The average molecular weight is 196 g/mol. The smallest absolute Gasteiger partial charge is 0.148 e. The highest BCUT2D eigenvalue weighted by Gasteiger charge is 2.04. The van der Waals surface area contributed by atoms with E-state index in [1.54, 1.807) is 0 Å². The second kappa shape index (κ2) is 3.68. The van der Waals surface area contributed by atoms with Gasteiger partial charge in [-0.3, -0.25) is 0 Å². The van der Waals surface area contributed by atoms with Crippen LogP contribution in [0.15, 0.2) is 18.2 Å². The third kappa shape index (κ3) is 1.61. The Balaban J connectivity index is 2.37. The van der Waals surface area contributed by atoms with E-state index in [2.05, 4.69) is 9.59 Å². The van der Waals surface area contributed by atoms with Gasteiger partial charge in [0.15, 0.2) is 0 Å². The van der Waals surface area contributed by atoms with Gasteiger partial charge in [-0.25, -0.2) is 0 Å². The molecule has 0 aliphatic heterocycles. The van der Waals surface area contributed by atoms with Crippen molar-refractivity contribution < 1.29 is 9.84 Å². The third-order valence-electron chi connectivity index (χ3n) is 1.59. The molecule has 0 spiro atoms. The highest BCUT2D eigenvalue weighted by atomic mass is 32.1. The van der Waals surface area contributed by atoms with Crippen LogP contribution in [0.4, 0.5) is 0 Å². The van der Waals surface area contributed by atoms with Gasteiger partial charge >= 0.3 is 0 Å². The number of benzene rings is 1. The van der Waals surface area contributed by atoms with Crippen molar-refractivity contribution >= 4 is 21.7 Å². The number of fused-ring (bicyclic) bond motifs is 1. The molecular formula is C8H8N2O2S. The molecule has 0 saturated carbocycles. The molecule has 4 nitrogen and oxygen atoms in total. The summed E-state index contributed by atoms with van der Waals surface area (Å²) in [5.41, 5.74) is 0.765. The first-order valence-electron chi connectivity index (χ1n) is 3.86. The van der Waals surface area contributed by atoms with Crippen LogP contribution in [-0.2, 0) is 0 Å². The van der Waals surface area contributed by atoms with E-state index in [4.69, 9.17) is 9.84 Å². The van der Waals surface area contributed by atoms with Crippen molar-refractivity contribution in [2.24, 2.45) is 0 Å². The summed E-state index contributed by atoms with van der Waals surface area (Å²) in [6.07, 6.45) is 0. The zero-order chi connectivity index (χ0) is 9.10. The van der Waals surface area contributed by atoms with E-state index in [0.717, 1.165) is 10.2 Å². The van der Waals surface area contributed by atoms with Crippen LogP contribution < -0.4 is 4.74 Å². The maximum absolute atomic E-state index is 8.59. The van der Waals surface area contributed by atoms with E-state index < -0.39 is 0 Å². The summed E-state index contributed by atoms with van der Waals surface area (Å²) in [5, 5.41) is 12.5. The van der Waals surface area contributed by atoms with Gasteiger partial charge in [0.05, 0.1) is 11.3 Å². The van der Waals surface area contributed by atoms with Gasteiger partial charge in [-0.2, -0.15) is 0 Å². The van der Waals surface area contributed by atoms with Crippen LogP contribution in [0.2, 0.25) is 0 Å². The molecule has 2 rings (SSSR count). The molecule has 68 valence electrons. The fourth-order valence-electron chi connectivity index (χ4n) is 1.05. The lowest BCUT2D eigenvalue weighted by molar-refractivity contribution is 0.202. The molecule has 2 aromatic rings. The molecule has 1 heterocycles. The molecule has 0 atom stereocenters. The third-order valence-corrected chi connectivity index (χ3v) is 2.28. The van der Waals surface area contributed by atoms with Gasteiger partial charge < -0.3 is 9.84 Å². The molecule has 0 radical (unpaired) electrons. The highest BCUT2D eigenvalue weighted by molar-refractivity contribution is 7.13. The van der Waals surface area contributed by atoms with Crippen LogP contribution in [0.5, 0.6) is 5.75 Å². The minimum Gasteiger partial charge on any atom is -0.489 e. The predicted octanol–water partition coefficient (Wildman–Crippen LogP) is 1.06. The Hall–Kier alpha value is -1.20. The van der Waals surface area contributed by atoms with Crippen molar-refractivity contribution in [3.63, 3.8) is 0 Å². The fraction of sp³-hybridized carbons (Fsp3) is 0.250. The van der Waals surface area contributed by atoms with Crippen LogP contribution in [0.1, 0.15) is 0 Å². The quantitative estimate of drug-likeness (QED) is 0.797. The maximum Gasteiger partial charge on any atom is 0.148 e. The molecule has 0 fully saturated rings. The second-order valence-corrected chi connectivity index (χ2v) is 3.23. The topological polar surface area (TPSA) is 55.2 Å². The minimum absolute atomic E-state index is 0.00789. The SMILES string of the molecule is OCCOc1cccc2snnc12. The van der Waals surface area contributed by atoms with Gasteiger partial charge in [0.1, 0.15) is 17.9 Å². The van der Waals surface area contributed by atoms with Crippen molar-refractivity contribution in [2.75, 3.05) is 13.2 Å². The summed E-state index contributed by atoms with van der Waals surface area (Å²) in [5.74, 6) is 0.681. The highest BCUT2D eigenvalue weighted by Crippen LogP contribution is 2.25. The summed E-state index contributed by atoms with van der Waals surface area (Å²) < 4.78 is 10.1. The van der Waals surface area contributed by atoms with Gasteiger partial charge in [0.2, 0.25) is 0 Å². The first-order chi connectivity index (χ1) is 6.42. The van der Waals surface area contributed by atoms with E-state index in [9.17, 15) is 0 Å². The number of hydrogen-bond acceptors (Lipinski definition) is 5. The molecule has 1 aromatic carbocycles. The Morgan fingerprint density at radius 3 is 3.23 bits per heavy atom.